The number of allylic oxidation sites excluding steroid dienone is 1. The normalized spacial score (nSPS) is 15.2. The largest absolute Gasteiger partial charge is 0.473 e. The molecule has 214 valence electrons. The van der Waals surface area contributed by atoms with Crippen molar-refractivity contribution in [3.63, 3.8) is 0 Å². The highest BCUT2D eigenvalue weighted by molar-refractivity contribution is 7.80. The Kier molecular flexibility index (Phi) is 9.40. The third-order valence-corrected chi connectivity index (χ3v) is 5.98. The summed E-state index contributed by atoms with van der Waals surface area (Å²) in [5.41, 5.74) is 2.94. The topological polar surface area (TPSA) is 131 Å². The van der Waals surface area contributed by atoms with Gasteiger partial charge in [-0.1, -0.05) is 26.8 Å². The highest BCUT2D eigenvalue weighted by Gasteiger charge is 2.30. The molecule has 1 unspecified atom stereocenters. The number of thiocarbonyl (C=S) groups is 1. The Morgan fingerprint density at radius 1 is 1.07 bits per heavy atom. The standard InChI is InChI=1S/C25H28F3N5S.C2H2O4/c1-24(2,3)15-33-12-10-16(11-13-33)19-14-29-20-8-9-21(31-22(19)20)32-23(34)30-18-6-4-17(5-7-18)25(26,27)28;3-1(4)2(5)6/h4-10,12,14,16,29H,11,13,15H2,1-3H3,(H2,30,31,32,34);(H,3,4)(H,5,6). The molecule has 40 heavy (non-hydrogen) atoms. The molecule has 1 aromatic carbocycles. The quantitative estimate of drug-likeness (QED) is 0.190. The molecule has 1 atom stereocenters. The fourth-order valence-electron chi connectivity index (χ4n) is 4.09. The number of halogens is 3. The SMILES string of the molecule is CC(C)(C)CN1C=CC(c2c[nH]c3ccc(NC(=S)Nc4ccc(C(F)(F)F)cc4)nc23)CC1.O=C(O)C(=O)O. The van der Waals surface area contributed by atoms with E-state index in [4.69, 9.17) is 37.0 Å². The van der Waals surface area contributed by atoms with Crippen LogP contribution in [0.4, 0.5) is 24.7 Å². The van der Waals surface area contributed by atoms with Crippen LogP contribution in [0.5, 0.6) is 0 Å². The first-order chi connectivity index (χ1) is 18.6. The lowest BCUT2D eigenvalue weighted by atomic mass is 9.92. The van der Waals surface area contributed by atoms with Crippen LogP contribution in [-0.4, -0.2) is 55.2 Å². The van der Waals surface area contributed by atoms with Crippen LogP contribution in [0, 0.1) is 5.41 Å². The number of hydrogen-bond donors (Lipinski definition) is 5. The van der Waals surface area contributed by atoms with Gasteiger partial charge in [-0.3, -0.25) is 0 Å². The molecule has 13 heteroatoms. The second kappa shape index (κ2) is 12.4. The average Bonchev–Trinajstić information content (AvgIpc) is 3.27. The summed E-state index contributed by atoms with van der Waals surface area (Å²) in [5, 5.41) is 21.0. The van der Waals surface area contributed by atoms with E-state index in [0.717, 1.165) is 48.2 Å². The van der Waals surface area contributed by atoms with Crippen molar-refractivity contribution in [2.75, 3.05) is 23.7 Å². The number of alkyl halides is 3. The molecule has 1 aliphatic rings. The van der Waals surface area contributed by atoms with Gasteiger partial charge in [-0.05, 0) is 66.7 Å². The van der Waals surface area contributed by atoms with Crippen LogP contribution < -0.4 is 10.6 Å². The molecule has 3 heterocycles. The van der Waals surface area contributed by atoms with Crippen molar-refractivity contribution in [2.45, 2.75) is 39.3 Å². The van der Waals surface area contributed by atoms with Gasteiger partial charge < -0.3 is 30.7 Å². The maximum Gasteiger partial charge on any atom is 0.416 e. The number of anilines is 2. The van der Waals surface area contributed by atoms with E-state index in [1.54, 1.807) is 0 Å². The summed E-state index contributed by atoms with van der Waals surface area (Å²) in [5.74, 6) is -2.82. The molecule has 0 saturated carbocycles. The average molecular weight is 578 g/mol. The molecular formula is C27H30F3N5O4S. The van der Waals surface area contributed by atoms with E-state index >= 15 is 0 Å². The number of fused-ring (bicyclic) bond motifs is 1. The summed E-state index contributed by atoms with van der Waals surface area (Å²) < 4.78 is 38.2. The Hall–Kier alpha value is -4.13. The lowest BCUT2D eigenvalue weighted by molar-refractivity contribution is -0.159. The van der Waals surface area contributed by atoms with Crippen molar-refractivity contribution in [1.29, 1.82) is 0 Å². The van der Waals surface area contributed by atoms with E-state index < -0.39 is 23.7 Å². The smallest absolute Gasteiger partial charge is 0.416 e. The molecule has 0 bridgehead atoms. The predicted molar refractivity (Wildman–Crippen MR) is 150 cm³/mol. The van der Waals surface area contributed by atoms with Gasteiger partial charge in [-0.2, -0.15) is 13.2 Å². The number of aliphatic carboxylic acids is 2. The minimum atomic E-state index is -4.37. The van der Waals surface area contributed by atoms with Gasteiger partial charge in [-0.25, -0.2) is 14.6 Å². The minimum absolute atomic E-state index is 0.243. The van der Waals surface area contributed by atoms with Crippen LogP contribution in [0.25, 0.3) is 11.0 Å². The third kappa shape index (κ3) is 8.70. The van der Waals surface area contributed by atoms with Gasteiger partial charge in [-0.15, -0.1) is 0 Å². The van der Waals surface area contributed by atoms with Gasteiger partial charge in [0, 0.05) is 36.5 Å². The summed E-state index contributed by atoms with van der Waals surface area (Å²) in [4.78, 5) is 28.6. The van der Waals surface area contributed by atoms with Gasteiger partial charge in [0.05, 0.1) is 16.6 Å². The second-order valence-electron chi connectivity index (χ2n) is 10.4. The molecule has 3 aromatic rings. The minimum Gasteiger partial charge on any atom is -0.473 e. The first kappa shape index (κ1) is 30.4. The van der Waals surface area contributed by atoms with Gasteiger partial charge in [0.2, 0.25) is 0 Å². The Morgan fingerprint density at radius 2 is 1.73 bits per heavy atom. The molecule has 1 aliphatic heterocycles. The van der Waals surface area contributed by atoms with Crippen molar-refractivity contribution >= 4 is 51.8 Å². The van der Waals surface area contributed by atoms with Crippen LogP contribution in [-0.2, 0) is 15.8 Å². The van der Waals surface area contributed by atoms with Crippen LogP contribution in [0.1, 0.15) is 44.2 Å². The molecule has 9 nitrogen and oxygen atoms in total. The summed E-state index contributed by atoms with van der Waals surface area (Å²) in [6.45, 7) is 8.72. The molecule has 5 N–H and O–H groups in total. The van der Waals surface area contributed by atoms with Crippen molar-refractivity contribution in [2.24, 2.45) is 5.41 Å². The molecule has 2 aromatic heterocycles. The molecule has 0 amide bonds. The molecule has 4 rings (SSSR count). The number of rotatable bonds is 4. The van der Waals surface area contributed by atoms with Crippen LogP contribution in [0.3, 0.4) is 0 Å². The van der Waals surface area contributed by atoms with Gasteiger partial charge in [0.1, 0.15) is 5.82 Å². The number of H-pyrrole nitrogens is 1. The lowest BCUT2D eigenvalue weighted by Gasteiger charge is -2.33. The molecule has 0 fully saturated rings. The zero-order valence-electron chi connectivity index (χ0n) is 22.0. The second-order valence-corrected chi connectivity index (χ2v) is 10.8. The number of hydrogen-bond acceptors (Lipinski definition) is 5. The summed E-state index contributed by atoms with van der Waals surface area (Å²) >= 11 is 5.33. The zero-order chi connectivity index (χ0) is 29.7. The Labute approximate surface area is 234 Å². The summed E-state index contributed by atoms with van der Waals surface area (Å²) in [6, 6.07) is 8.47. The molecule has 0 saturated heterocycles. The van der Waals surface area contributed by atoms with Crippen molar-refractivity contribution in [3.8, 4) is 0 Å². The van der Waals surface area contributed by atoms with Gasteiger partial charge >= 0.3 is 18.1 Å². The highest BCUT2D eigenvalue weighted by atomic mass is 32.1. The fraction of sp³-hybridized carbons (Fsp3) is 0.333. The van der Waals surface area contributed by atoms with Crippen LogP contribution in [0.2, 0.25) is 0 Å². The Bertz CT molecular complexity index is 1390. The zero-order valence-corrected chi connectivity index (χ0v) is 22.9. The third-order valence-electron chi connectivity index (χ3n) is 5.78. The Balaban J connectivity index is 0.000000663. The highest BCUT2D eigenvalue weighted by Crippen LogP contribution is 2.32. The van der Waals surface area contributed by atoms with E-state index in [1.807, 2.05) is 18.3 Å². The van der Waals surface area contributed by atoms with E-state index in [0.29, 0.717) is 11.5 Å². The number of carboxylic acid groups (broad SMARTS) is 2. The summed E-state index contributed by atoms with van der Waals surface area (Å²) in [6.07, 6.45) is 3.06. The van der Waals surface area contributed by atoms with Gasteiger partial charge in [0.25, 0.3) is 0 Å². The van der Waals surface area contributed by atoms with Crippen molar-refractivity contribution < 1.29 is 33.0 Å². The van der Waals surface area contributed by atoms with Crippen molar-refractivity contribution in [1.82, 2.24) is 14.9 Å². The number of carbonyl (C=O) groups is 2. The maximum absolute atomic E-state index is 12.7. The first-order valence-electron chi connectivity index (χ1n) is 12.2. The number of benzene rings is 1. The predicted octanol–water partition coefficient (Wildman–Crippen LogP) is 5.90. The molecule has 0 spiro atoms. The number of aromatic nitrogens is 2. The van der Waals surface area contributed by atoms with Crippen LogP contribution in [0.15, 0.2) is 54.9 Å². The number of nitrogens with one attached hydrogen (secondary N) is 3. The van der Waals surface area contributed by atoms with E-state index in [9.17, 15) is 13.2 Å². The maximum atomic E-state index is 12.7. The van der Waals surface area contributed by atoms with E-state index in [1.165, 1.54) is 12.1 Å². The van der Waals surface area contributed by atoms with Gasteiger partial charge in [0.15, 0.2) is 5.11 Å². The lowest BCUT2D eigenvalue weighted by Crippen LogP contribution is -2.32. The van der Waals surface area contributed by atoms with E-state index in [-0.39, 0.29) is 16.4 Å². The number of aromatic amines is 1. The molecule has 0 radical (unpaired) electrons. The molecular weight excluding hydrogens is 547 g/mol. The number of nitrogens with zero attached hydrogens (tertiary/aromatic N) is 2. The monoisotopic (exact) mass is 577 g/mol. The van der Waals surface area contributed by atoms with E-state index in [2.05, 4.69) is 53.6 Å². The summed E-state index contributed by atoms with van der Waals surface area (Å²) in [7, 11) is 0. The number of carboxylic acids is 2. The first-order valence-corrected chi connectivity index (χ1v) is 12.6. The number of pyridine rings is 1. The van der Waals surface area contributed by atoms with Crippen LogP contribution >= 0.6 is 12.2 Å². The molecule has 0 aliphatic carbocycles. The van der Waals surface area contributed by atoms with Crippen molar-refractivity contribution in [3.05, 3.63) is 66.0 Å². The fourth-order valence-corrected chi connectivity index (χ4v) is 4.32. The Morgan fingerprint density at radius 3 is 2.25 bits per heavy atom.